The number of aliphatic hydroxyl groups excluding tert-OH is 1. The van der Waals surface area contributed by atoms with E-state index in [9.17, 15) is 15.0 Å². The highest BCUT2D eigenvalue weighted by atomic mass is 16.8. The predicted molar refractivity (Wildman–Crippen MR) is 199 cm³/mol. The number of benzene rings is 1. The number of methoxy groups -OCH3 is 1. The van der Waals surface area contributed by atoms with E-state index in [0.717, 1.165) is 44.1 Å². The van der Waals surface area contributed by atoms with Crippen molar-refractivity contribution < 1.29 is 52.9 Å². The molecule has 0 aliphatic carbocycles. The molecule has 2 N–H and O–H groups in total. The summed E-state index contributed by atoms with van der Waals surface area (Å²) in [5.41, 5.74) is -0.0956. The minimum Gasteiger partial charge on any atom is -0.481 e. The molecule has 7 rings (SSSR count). The molecule has 1 aromatic carbocycles. The van der Waals surface area contributed by atoms with Crippen LogP contribution in [-0.2, 0) is 42.7 Å². The molecule has 0 aromatic heterocycles. The van der Waals surface area contributed by atoms with Crippen LogP contribution in [0.3, 0.4) is 0 Å². The van der Waals surface area contributed by atoms with Crippen molar-refractivity contribution in [3.05, 3.63) is 35.9 Å². The third kappa shape index (κ3) is 7.10. The Morgan fingerprint density at radius 1 is 0.981 bits per heavy atom. The van der Waals surface area contributed by atoms with Crippen LogP contribution in [-0.4, -0.2) is 95.4 Å². The first-order chi connectivity index (χ1) is 25.6. The lowest BCUT2D eigenvalue weighted by Crippen LogP contribution is -2.57. The number of carboxylic acids is 1. The van der Waals surface area contributed by atoms with E-state index in [1.165, 1.54) is 7.11 Å². The lowest BCUT2D eigenvalue weighted by Gasteiger charge is -2.49. The summed E-state index contributed by atoms with van der Waals surface area (Å²) in [6, 6.07) is 10.1. The molecule has 1 aromatic rings. The quantitative estimate of drug-likeness (QED) is 0.255. The van der Waals surface area contributed by atoms with E-state index in [2.05, 4.69) is 34.6 Å². The lowest BCUT2D eigenvalue weighted by molar-refractivity contribution is -0.336. The molecule has 11 heteroatoms. The Kier molecular flexibility index (Phi) is 11.4. The van der Waals surface area contributed by atoms with Crippen molar-refractivity contribution in [1.29, 1.82) is 0 Å². The second-order valence-electron chi connectivity index (χ2n) is 18.3. The summed E-state index contributed by atoms with van der Waals surface area (Å²) >= 11 is 0. The van der Waals surface area contributed by atoms with Gasteiger partial charge in [-0.25, -0.2) is 0 Å². The number of hydrogen-bond acceptors (Lipinski definition) is 10. The van der Waals surface area contributed by atoms with Crippen molar-refractivity contribution in [3.8, 4) is 0 Å². The Bertz CT molecular complexity index is 1460. The second kappa shape index (κ2) is 15.3. The highest BCUT2D eigenvalue weighted by Gasteiger charge is 2.63. The standard InChI is InChI=1S/C43H66O11/c1-10-41(37-25(3)21-32(49-37)34-24(2)20-26(4)43(52-34)23-48-39(53-43)30-14-12-11-13-15-30)17-16-33(50-41)40(8)18-19-42(54-40)22-31(44)27(5)36(51-42)28(6)35(47-9)29(7)38(45)46/h11-15,24-29,31-37,39,44H,10,16-23H2,1-9H3,(H,45,46)/t24-,25-,26+,27+,28-,29-,31-,32+,33+,34-,35+,36-,37+,39?,40-,41-,42+,43+/m0/s1. The van der Waals surface area contributed by atoms with Gasteiger partial charge in [-0.1, -0.05) is 71.9 Å². The normalized spacial score (nSPS) is 48.4. The Labute approximate surface area is 322 Å². The zero-order chi connectivity index (χ0) is 38.8. The van der Waals surface area contributed by atoms with Gasteiger partial charge in [-0.3, -0.25) is 4.79 Å². The molecule has 6 saturated heterocycles. The van der Waals surface area contributed by atoms with Gasteiger partial charge in [0.15, 0.2) is 17.9 Å². The second-order valence-corrected chi connectivity index (χ2v) is 18.3. The van der Waals surface area contributed by atoms with Crippen LogP contribution >= 0.6 is 0 Å². The maximum Gasteiger partial charge on any atom is 0.308 e. The van der Waals surface area contributed by atoms with Gasteiger partial charge in [0.05, 0.1) is 59.8 Å². The largest absolute Gasteiger partial charge is 0.481 e. The molecular weight excluding hydrogens is 692 g/mol. The zero-order valence-electron chi connectivity index (χ0n) is 33.9. The Hall–Kier alpha value is -1.67. The van der Waals surface area contributed by atoms with Crippen molar-refractivity contribution in [3.63, 3.8) is 0 Å². The lowest BCUT2D eigenvalue weighted by atomic mass is 9.78. The van der Waals surface area contributed by atoms with Crippen LogP contribution in [0.5, 0.6) is 0 Å². The van der Waals surface area contributed by atoms with Crippen LogP contribution in [0, 0.1) is 35.5 Å². The molecule has 11 nitrogen and oxygen atoms in total. The van der Waals surface area contributed by atoms with E-state index >= 15 is 0 Å². The number of aliphatic hydroxyl groups is 1. The van der Waals surface area contributed by atoms with Crippen LogP contribution in [0.1, 0.15) is 119 Å². The third-order valence-electron chi connectivity index (χ3n) is 14.6. The molecule has 1 unspecified atom stereocenters. The van der Waals surface area contributed by atoms with Gasteiger partial charge < -0.3 is 48.1 Å². The number of rotatable bonds is 10. The highest BCUT2D eigenvalue weighted by molar-refractivity contribution is 5.70. The van der Waals surface area contributed by atoms with Gasteiger partial charge in [0.25, 0.3) is 0 Å². The van der Waals surface area contributed by atoms with Crippen LogP contribution in [0.4, 0.5) is 0 Å². The summed E-state index contributed by atoms with van der Waals surface area (Å²) in [7, 11) is 1.54. The van der Waals surface area contributed by atoms with Crippen molar-refractivity contribution in [1.82, 2.24) is 0 Å². The van der Waals surface area contributed by atoms with Gasteiger partial charge in [-0.05, 0) is 64.2 Å². The molecular formula is C43H66O11. The number of ether oxygens (including phenoxy) is 8. The van der Waals surface area contributed by atoms with Gasteiger partial charge in [0.2, 0.25) is 0 Å². The molecule has 6 heterocycles. The molecule has 304 valence electrons. The number of hydrogen-bond donors (Lipinski definition) is 2. The number of aliphatic carboxylic acids is 1. The highest BCUT2D eigenvalue weighted by Crippen LogP contribution is 2.55. The fourth-order valence-electron chi connectivity index (χ4n) is 11.2. The van der Waals surface area contributed by atoms with Crippen LogP contribution < -0.4 is 0 Å². The molecule has 6 aliphatic heterocycles. The smallest absolute Gasteiger partial charge is 0.308 e. The summed E-state index contributed by atoms with van der Waals surface area (Å²) in [6.45, 7) is 17.0. The minimum absolute atomic E-state index is 0.0887. The summed E-state index contributed by atoms with van der Waals surface area (Å²) in [4.78, 5) is 11.9. The molecule has 18 atom stereocenters. The van der Waals surface area contributed by atoms with Gasteiger partial charge in [0, 0.05) is 43.3 Å². The van der Waals surface area contributed by atoms with E-state index in [4.69, 9.17) is 37.9 Å². The van der Waals surface area contributed by atoms with Crippen molar-refractivity contribution in [2.75, 3.05) is 13.7 Å². The van der Waals surface area contributed by atoms with E-state index in [-0.39, 0.29) is 48.1 Å². The van der Waals surface area contributed by atoms with Crippen molar-refractivity contribution in [2.45, 2.75) is 179 Å². The number of carbonyl (C=O) groups is 1. The Morgan fingerprint density at radius 2 is 1.72 bits per heavy atom. The van der Waals surface area contributed by atoms with E-state index in [1.54, 1.807) is 6.92 Å². The third-order valence-corrected chi connectivity index (χ3v) is 14.6. The zero-order valence-corrected chi connectivity index (χ0v) is 33.9. The first kappa shape index (κ1) is 40.5. The molecule has 6 aliphatic rings. The van der Waals surface area contributed by atoms with Crippen LogP contribution in [0.2, 0.25) is 0 Å². The molecule has 0 amide bonds. The number of carboxylic acid groups (broad SMARTS) is 1. The predicted octanol–water partition coefficient (Wildman–Crippen LogP) is 7.03. The summed E-state index contributed by atoms with van der Waals surface area (Å²) in [6.07, 6.45) is 3.44. The Balaban J connectivity index is 1.03. The minimum atomic E-state index is -0.986. The summed E-state index contributed by atoms with van der Waals surface area (Å²) in [5.74, 6) is -3.20. The van der Waals surface area contributed by atoms with Gasteiger partial charge in [-0.2, -0.15) is 0 Å². The van der Waals surface area contributed by atoms with E-state index in [0.29, 0.717) is 25.4 Å². The first-order valence-corrected chi connectivity index (χ1v) is 20.8. The van der Waals surface area contributed by atoms with Crippen molar-refractivity contribution >= 4 is 5.97 Å². The maximum absolute atomic E-state index is 11.9. The fourth-order valence-corrected chi connectivity index (χ4v) is 11.2. The molecule has 0 radical (unpaired) electrons. The summed E-state index contributed by atoms with van der Waals surface area (Å²) < 4.78 is 53.7. The average molecular weight is 759 g/mol. The van der Waals surface area contributed by atoms with Crippen LogP contribution in [0.25, 0.3) is 0 Å². The maximum atomic E-state index is 11.9. The molecule has 54 heavy (non-hydrogen) atoms. The topological polar surface area (TPSA) is 131 Å². The SMILES string of the molecule is CC[C@@]1([C@@H]2O[C@@H]([C@H]3O[C@@]4(COC(c5ccccc5)O4)[C@H](C)C[C@@H]3C)C[C@@H]2C)CC[C@H]([C@]2(C)CC[C@]3(C[C@H](O)[C@@H](C)[C@@H]([C@@H](C)[C@@H](OC)[C@H](C)C(=O)O)O3)O2)O1. The van der Waals surface area contributed by atoms with Crippen LogP contribution in [0.15, 0.2) is 30.3 Å². The molecule has 2 spiro atoms. The van der Waals surface area contributed by atoms with E-state index in [1.807, 2.05) is 44.2 Å². The van der Waals surface area contributed by atoms with E-state index < -0.39 is 59.3 Å². The molecule has 6 fully saturated rings. The van der Waals surface area contributed by atoms with Crippen molar-refractivity contribution in [2.24, 2.45) is 35.5 Å². The Morgan fingerprint density at radius 3 is 2.41 bits per heavy atom. The first-order valence-electron chi connectivity index (χ1n) is 20.8. The monoisotopic (exact) mass is 758 g/mol. The molecule has 0 bridgehead atoms. The average Bonchev–Trinajstić information content (AvgIpc) is 3.94. The van der Waals surface area contributed by atoms with Gasteiger partial charge in [0.1, 0.15) is 6.61 Å². The molecule has 0 saturated carbocycles. The van der Waals surface area contributed by atoms with Gasteiger partial charge in [-0.15, -0.1) is 0 Å². The summed E-state index contributed by atoms with van der Waals surface area (Å²) in [5, 5.41) is 21.1. The van der Waals surface area contributed by atoms with Gasteiger partial charge >= 0.3 is 5.97 Å². The fraction of sp³-hybridized carbons (Fsp3) is 0.837.